The molecule has 2 N–H and O–H groups in total. The summed E-state index contributed by atoms with van der Waals surface area (Å²) in [4.78, 5) is 21.6. The monoisotopic (exact) mass is 634 g/mol. The molecule has 0 fully saturated rings. The molecule has 2 amide bonds. The lowest BCUT2D eigenvalue weighted by atomic mass is 10.5. The summed E-state index contributed by atoms with van der Waals surface area (Å²) in [6.07, 6.45) is 8.82. The fourth-order valence-corrected chi connectivity index (χ4v) is 3.54. The number of alkyl halides is 1. The topological polar surface area (TPSA) is 58.2 Å². The van der Waals surface area contributed by atoms with Gasteiger partial charge in [0.1, 0.15) is 5.75 Å². The van der Waals surface area contributed by atoms with Crippen molar-refractivity contribution in [3.05, 3.63) is 0 Å². The molecule has 0 saturated carbocycles. The van der Waals surface area contributed by atoms with Crippen molar-refractivity contribution < 1.29 is 33.6 Å². The molecule has 0 aliphatic heterocycles. The van der Waals surface area contributed by atoms with Crippen LogP contribution in [-0.4, -0.2) is 59.1 Å². The van der Waals surface area contributed by atoms with Crippen molar-refractivity contribution in [2.75, 3.05) is 47.3 Å². The van der Waals surface area contributed by atoms with Gasteiger partial charge in [-0.05, 0) is 48.6 Å². The molecule has 4 nitrogen and oxygen atoms in total. The third-order valence-corrected chi connectivity index (χ3v) is 5.97. The van der Waals surface area contributed by atoms with Gasteiger partial charge in [-0.15, -0.1) is 0 Å². The molecule has 1 atom stereocenters. The van der Waals surface area contributed by atoms with Crippen LogP contribution in [-0.2, 0) is 20.5 Å². The molecule has 26 heavy (non-hydrogen) atoms. The summed E-state index contributed by atoms with van der Waals surface area (Å²) < 4.78 is 0.567. The zero-order valence-electron chi connectivity index (χ0n) is 17.5. The molecule has 0 spiro atoms. The van der Waals surface area contributed by atoms with Gasteiger partial charge in [-0.3, -0.25) is 9.59 Å². The van der Waals surface area contributed by atoms with E-state index in [-0.39, 0.29) is 46.7 Å². The molecule has 8 heteroatoms. The van der Waals surface area contributed by atoms with Crippen LogP contribution >= 0.6 is 34.4 Å². The van der Waals surface area contributed by atoms with Crippen molar-refractivity contribution in [3.63, 3.8) is 0 Å². The number of amides is 2. The zero-order chi connectivity index (χ0) is 19.9. The summed E-state index contributed by atoms with van der Waals surface area (Å²) in [5.74, 6) is 3.55. The lowest BCUT2D eigenvalue weighted by Gasteiger charge is -2.02. The highest BCUT2D eigenvalue weighted by Crippen LogP contribution is 1.93. The fourth-order valence-electron chi connectivity index (χ4n) is 1.48. The quantitative estimate of drug-likeness (QED) is 0.202. The molecule has 0 heterocycles. The van der Waals surface area contributed by atoms with Gasteiger partial charge in [0.15, 0.2) is 5.75 Å². The Bertz CT molecular complexity index is 298. The van der Waals surface area contributed by atoms with Crippen molar-refractivity contribution in [2.24, 2.45) is 0 Å². The number of carbonyl (C=O) groups is 2. The van der Waals surface area contributed by atoms with Crippen LogP contribution in [0.1, 0.15) is 53.4 Å². The molecule has 160 valence electrons. The summed E-state index contributed by atoms with van der Waals surface area (Å²) in [5, 5.41) is 5.63. The molecular weight excluding hydrogens is 594 g/mol. The molecule has 1 unspecified atom stereocenters. The SMILES string of the molecule is CCCNC(=O)CI.CCCNC(=O)C[S+](C)CCC.CCCSC.[I-]. The van der Waals surface area contributed by atoms with E-state index in [0.29, 0.717) is 10.2 Å². The Labute approximate surface area is 200 Å². The first-order chi connectivity index (χ1) is 11.9. The molecule has 0 bridgehead atoms. The average molecular weight is 634 g/mol. The predicted octanol–water partition coefficient (Wildman–Crippen LogP) is 0.882. The molecule has 0 aliphatic carbocycles. The number of hydrogen-bond acceptors (Lipinski definition) is 3. The van der Waals surface area contributed by atoms with Gasteiger partial charge in [0, 0.05) is 13.1 Å². The van der Waals surface area contributed by atoms with Crippen molar-refractivity contribution in [3.8, 4) is 0 Å². The zero-order valence-corrected chi connectivity index (χ0v) is 23.4. The van der Waals surface area contributed by atoms with Gasteiger partial charge in [0.25, 0.3) is 5.91 Å². The van der Waals surface area contributed by atoms with E-state index in [0.717, 1.165) is 25.9 Å². The van der Waals surface area contributed by atoms with E-state index in [1.54, 1.807) is 0 Å². The minimum Gasteiger partial charge on any atom is -1.00 e. The third kappa shape index (κ3) is 36.1. The summed E-state index contributed by atoms with van der Waals surface area (Å²) in [5.41, 5.74) is 0. The molecule has 0 aromatic carbocycles. The molecule has 0 saturated heterocycles. The Morgan fingerprint density at radius 2 is 1.42 bits per heavy atom. The van der Waals surface area contributed by atoms with Crippen molar-refractivity contribution in [1.82, 2.24) is 10.6 Å². The molecule has 0 aromatic heterocycles. The van der Waals surface area contributed by atoms with E-state index in [1.165, 1.54) is 24.3 Å². The van der Waals surface area contributed by atoms with Crippen molar-refractivity contribution in [1.29, 1.82) is 0 Å². The lowest BCUT2D eigenvalue weighted by Crippen LogP contribution is -3.00. The van der Waals surface area contributed by atoms with Crippen LogP contribution < -0.4 is 34.6 Å². The molecular formula is C18H40I2N2O2S2. The van der Waals surface area contributed by atoms with Gasteiger partial charge < -0.3 is 34.6 Å². The van der Waals surface area contributed by atoms with Crippen LogP contribution in [0.3, 0.4) is 0 Å². The summed E-state index contributed by atoms with van der Waals surface area (Å²) >= 11 is 3.94. The highest BCUT2D eigenvalue weighted by atomic mass is 127. The molecule has 0 aliphatic rings. The van der Waals surface area contributed by atoms with E-state index >= 15 is 0 Å². The van der Waals surface area contributed by atoms with Gasteiger partial charge in [0.05, 0.1) is 10.7 Å². The second kappa shape index (κ2) is 30.8. The molecule has 0 radical (unpaired) electrons. The second-order valence-corrected chi connectivity index (χ2v) is 9.46. The fraction of sp³-hybridized carbons (Fsp3) is 0.889. The third-order valence-electron chi connectivity index (χ3n) is 2.60. The van der Waals surface area contributed by atoms with Crippen LogP contribution in [0, 0.1) is 0 Å². The minimum atomic E-state index is 0. The Balaban J connectivity index is -0.000000150. The first-order valence-electron chi connectivity index (χ1n) is 9.10. The number of rotatable bonds is 11. The highest BCUT2D eigenvalue weighted by molar-refractivity contribution is 14.1. The largest absolute Gasteiger partial charge is 1.00 e. The van der Waals surface area contributed by atoms with Crippen LogP contribution in [0.2, 0.25) is 0 Å². The van der Waals surface area contributed by atoms with E-state index in [2.05, 4.69) is 43.9 Å². The maximum absolute atomic E-state index is 11.2. The number of hydrogen-bond donors (Lipinski definition) is 2. The lowest BCUT2D eigenvalue weighted by molar-refractivity contribution is -0.119. The van der Waals surface area contributed by atoms with Crippen LogP contribution in [0.25, 0.3) is 0 Å². The van der Waals surface area contributed by atoms with E-state index in [4.69, 9.17) is 0 Å². The van der Waals surface area contributed by atoms with Gasteiger partial charge in [0.2, 0.25) is 5.91 Å². The average Bonchev–Trinajstić information content (AvgIpc) is 2.59. The molecule has 0 rings (SSSR count). The predicted molar refractivity (Wildman–Crippen MR) is 127 cm³/mol. The summed E-state index contributed by atoms with van der Waals surface area (Å²) in [7, 11) is 0.284. The normalized spacial score (nSPS) is 10.1. The highest BCUT2D eigenvalue weighted by Gasteiger charge is 2.14. The maximum atomic E-state index is 11.2. The van der Waals surface area contributed by atoms with E-state index < -0.39 is 0 Å². The minimum absolute atomic E-state index is 0. The van der Waals surface area contributed by atoms with Crippen LogP contribution in [0.15, 0.2) is 0 Å². The first kappa shape index (κ1) is 34.6. The Morgan fingerprint density at radius 1 is 0.923 bits per heavy atom. The van der Waals surface area contributed by atoms with Gasteiger partial charge >= 0.3 is 0 Å². The van der Waals surface area contributed by atoms with Crippen LogP contribution in [0.5, 0.6) is 0 Å². The van der Waals surface area contributed by atoms with E-state index in [9.17, 15) is 9.59 Å². The second-order valence-electron chi connectivity index (χ2n) is 5.46. The summed E-state index contributed by atoms with van der Waals surface area (Å²) in [6, 6.07) is 0. The maximum Gasteiger partial charge on any atom is 0.269 e. The number of halogens is 2. The van der Waals surface area contributed by atoms with Gasteiger partial charge in [-0.1, -0.05) is 50.3 Å². The number of nitrogens with one attached hydrogen (secondary N) is 2. The van der Waals surface area contributed by atoms with Crippen LogP contribution in [0.4, 0.5) is 0 Å². The smallest absolute Gasteiger partial charge is 0.269 e. The number of thioether (sulfide) groups is 1. The molecule has 0 aromatic rings. The Kier molecular flexibility index (Phi) is 41.0. The van der Waals surface area contributed by atoms with E-state index in [1.807, 2.05) is 41.3 Å². The van der Waals surface area contributed by atoms with Crippen molar-refractivity contribution in [2.45, 2.75) is 53.4 Å². The Hall–Kier alpha value is 1.10. The number of carbonyl (C=O) groups excluding carboxylic acids is 2. The Morgan fingerprint density at radius 3 is 1.73 bits per heavy atom. The standard InChI is InChI=1S/C9H19NOS.C5H10INO.C4H10S.HI/c1-4-6-10-9(11)8-12(3)7-5-2;1-2-3-7-5(8)4-6;1-3-4-5-2;/h4-8H2,1-3H3;2-4H2,1H3,(H,7,8);3-4H2,1-2H3;1H. The van der Waals surface area contributed by atoms with Gasteiger partial charge in [-0.25, -0.2) is 0 Å². The van der Waals surface area contributed by atoms with Crippen molar-refractivity contribution >= 4 is 57.1 Å². The van der Waals surface area contributed by atoms with Gasteiger partial charge in [-0.2, -0.15) is 11.8 Å². The first-order valence-corrected chi connectivity index (χ1v) is 14.0. The summed E-state index contributed by atoms with van der Waals surface area (Å²) in [6.45, 7) is 10.1.